The maximum absolute atomic E-state index is 6.27. The molecule has 0 bridgehead atoms. The van der Waals surface area contributed by atoms with Gasteiger partial charge in [0.1, 0.15) is 0 Å². The highest BCUT2D eigenvalue weighted by molar-refractivity contribution is 7.99. The smallest absolute Gasteiger partial charge is 0.0544 e. The van der Waals surface area contributed by atoms with E-state index in [1.165, 1.54) is 23.3 Å². The van der Waals surface area contributed by atoms with Gasteiger partial charge >= 0.3 is 0 Å². The maximum Gasteiger partial charge on any atom is 0.0544 e. The summed E-state index contributed by atoms with van der Waals surface area (Å²) >= 11 is 8.12. The number of unbranched alkanes of at least 4 members (excludes halogenated alkanes) is 1. The van der Waals surface area contributed by atoms with E-state index in [0.29, 0.717) is 0 Å². The Morgan fingerprint density at radius 1 is 1.35 bits per heavy atom. The van der Waals surface area contributed by atoms with Gasteiger partial charge in [-0.15, -0.1) is 11.8 Å². The van der Waals surface area contributed by atoms with Crippen molar-refractivity contribution in [1.82, 2.24) is 0 Å². The Morgan fingerprint density at radius 3 is 2.71 bits per heavy atom. The predicted molar refractivity (Wildman–Crippen MR) is 79.1 cm³/mol. The molecule has 0 amide bonds. The lowest BCUT2D eigenvalue weighted by atomic mass is 10.1. The second kappa shape index (κ2) is 8.02. The lowest BCUT2D eigenvalue weighted by Gasteiger charge is -2.10. The monoisotopic (exact) mass is 271 g/mol. The number of halogens is 1. The Labute approximate surface area is 114 Å². The van der Waals surface area contributed by atoms with Gasteiger partial charge in [0.2, 0.25) is 0 Å². The summed E-state index contributed by atoms with van der Waals surface area (Å²) in [5.74, 6) is 1.14. The molecule has 0 fully saturated rings. The van der Waals surface area contributed by atoms with E-state index < -0.39 is 0 Å². The van der Waals surface area contributed by atoms with Crippen LogP contribution in [0.1, 0.15) is 38.7 Å². The van der Waals surface area contributed by atoms with E-state index >= 15 is 0 Å². The third-order valence-electron chi connectivity index (χ3n) is 2.77. The average molecular weight is 272 g/mol. The van der Waals surface area contributed by atoms with Crippen LogP contribution in [0.3, 0.4) is 0 Å². The van der Waals surface area contributed by atoms with Crippen LogP contribution in [0, 0.1) is 0 Å². The van der Waals surface area contributed by atoms with Crippen molar-refractivity contribution in [3.63, 3.8) is 0 Å². The quantitative estimate of drug-likeness (QED) is 0.583. The first-order chi connectivity index (χ1) is 8.17. The van der Waals surface area contributed by atoms with E-state index in [0.717, 1.165) is 23.6 Å². The number of hydrogen-bond donors (Lipinski definition) is 1. The van der Waals surface area contributed by atoms with Crippen molar-refractivity contribution in [3.05, 3.63) is 28.8 Å². The Kier molecular flexibility index (Phi) is 7.02. The minimum absolute atomic E-state index is 0.240. The van der Waals surface area contributed by atoms with Crippen molar-refractivity contribution >= 4 is 23.4 Å². The lowest BCUT2D eigenvalue weighted by molar-refractivity contribution is 0.646. The molecule has 0 heterocycles. The predicted octanol–water partition coefficient (Wildman–Crippen LogP) is 4.51. The molecule has 1 atom stereocenters. The van der Waals surface area contributed by atoms with Gasteiger partial charge in [-0.2, -0.15) is 0 Å². The molecule has 0 aromatic heterocycles. The molecule has 96 valence electrons. The third kappa shape index (κ3) is 5.33. The van der Waals surface area contributed by atoms with Crippen molar-refractivity contribution in [3.8, 4) is 0 Å². The van der Waals surface area contributed by atoms with Gasteiger partial charge in [0.25, 0.3) is 0 Å². The number of hydrogen-bond acceptors (Lipinski definition) is 2. The topological polar surface area (TPSA) is 26.0 Å². The minimum atomic E-state index is 0.240. The van der Waals surface area contributed by atoms with E-state index in [1.807, 2.05) is 11.8 Å². The molecule has 17 heavy (non-hydrogen) atoms. The van der Waals surface area contributed by atoms with Crippen LogP contribution >= 0.6 is 23.4 Å². The number of thioether (sulfide) groups is 1. The Hall–Kier alpha value is -0.180. The molecular formula is C14H22ClNS. The van der Waals surface area contributed by atoms with Crippen molar-refractivity contribution in [2.75, 3.05) is 5.75 Å². The highest BCUT2D eigenvalue weighted by atomic mass is 35.5. The Balaban J connectivity index is 2.59. The van der Waals surface area contributed by atoms with E-state index in [1.54, 1.807) is 0 Å². The summed E-state index contributed by atoms with van der Waals surface area (Å²) in [6.45, 7) is 4.32. The number of nitrogens with two attached hydrogens (primary N) is 1. The first kappa shape index (κ1) is 14.9. The molecule has 0 radical (unpaired) electrons. The van der Waals surface area contributed by atoms with E-state index in [9.17, 15) is 0 Å². The molecule has 2 N–H and O–H groups in total. The van der Waals surface area contributed by atoms with Gasteiger partial charge in [0.15, 0.2) is 0 Å². The molecule has 1 aromatic rings. The van der Waals surface area contributed by atoms with E-state index in [4.69, 9.17) is 17.3 Å². The summed E-state index contributed by atoms with van der Waals surface area (Å²) in [5.41, 5.74) is 7.18. The van der Waals surface area contributed by atoms with Crippen LogP contribution in [0.2, 0.25) is 5.02 Å². The summed E-state index contributed by atoms with van der Waals surface area (Å²) < 4.78 is 0. The molecule has 1 unspecified atom stereocenters. The molecule has 1 aromatic carbocycles. The molecule has 0 aliphatic heterocycles. The standard InChI is InChI=1S/C14H22ClNS/c1-3-5-8-17-14-7-6-11(10-13(14)15)9-12(16)4-2/h6-7,10,12H,3-5,8-9,16H2,1-2H3. The van der Waals surface area contributed by atoms with E-state index in [2.05, 4.69) is 32.0 Å². The molecule has 0 aliphatic rings. The molecule has 3 heteroatoms. The van der Waals surface area contributed by atoms with Crippen molar-refractivity contribution in [1.29, 1.82) is 0 Å². The van der Waals surface area contributed by atoms with Crippen molar-refractivity contribution < 1.29 is 0 Å². The SMILES string of the molecule is CCCCSc1ccc(CC(N)CC)cc1Cl. The molecule has 0 aliphatic carbocycles. The van der Waals surface area contributed by atoms with Gasteiger partial charge < -0.3 is 5.73 Å². The fourth-order valence-electron chi connectivity index (χ4n) is 1.56. The number of benzene rings is 1. The number of rotatable bonds is 7. The molecule has 1 nitrogen and oxygen atoms in total. The minimum Gasteiger partial charge on any atom is -0.327 e. The highest BCUT2D eigenvalue weighted by Crippen LogP contribution is 2.29. The first-order valence-electron chi connectivity index (χ1n) is 6.34. The zero-order valence-electron chi connectivity index (χ0n) is 10.7. The molecule has 0 saturated carbocycles. The van der Waals surface area contributed by atoms with Crippen LogP contribution in [0.4, 0.5) is 0 Å². The Bertz CT molecular complexity index is 341. The summed E-state index contributed by atoms with van der Waals surface area (Å²) in [5, 5.41) is 0.868. The van der Waals surface area contributed by atoms with Crippen LogP contribution in [0.25, 0.3) is 0 Å². The van der Waals surface area contributed by atoms with Crippen LogP contribution in [-0.2, 0) is 6.42 Å². The van der Waals surface area contributed by atoms with Gasteiger partial charge in [0.05, 0.1) is 5.02 Å². The fraction of sp³-hybridized carbons (Fsp3) is 0.571. The second-order valence-corrected chi connectivity index (χ2v) is 5.88. The molecule has 1 rings (SSSR count). The van der Waals surface area contributed by atoms with Crippen LogP contribution < -0.4 is 5.73 Å². The van der Waals surface area contributed by atoms with Crippen LogP contribution in [0.5, 0.6) is 0 Å². The summed E-state index contributed by atoms with van der Waals surface area (Å²) in [6.07, 6.45) is 4.39. The van der Waals surface area contributed by atoms with Crippen molar-refractivity contribution in [2.24, 2.45) is 5.73 Å². The third-order valence-corrected chi connectivity index (χ3v) is 4.36. The van der Waals surface area contributed by atoms with Gasteiger partial charge in [-0.25, -0.2) is 0 Å². The highest BCUT2D eigenvalue weighted by Gasteiger charge is 2.05. The molecular weight excluding hydrogens is 250 g/mol. The van der Waals surface area contributed by atoms with Crippen LogP contribution in [0.15, 0.2) is 23.1 Å². The second-order valence-electron chi connectivity index (χ2n) is 4.34. The zero-order chi connectivity index (χ0) is 12.7. The van der Waals surface area contributed by atoms with E-state index in [-0.39, 0.29) is 6.04 Å². The normalized spacial score (nSPS) is 12.7. The lowest BCUT2D eigenvalue weighted by Crippen LogP contribution is -2.21. The zero-order valence-corrected chi connectivity index (χ0v) is 12.3. The summed E-state index contributed by atoms with van der Waals surface area (Å²) in [6, 6.07) is 6.58. The largest absolute Gasteiger partial charge is 0.327 e. The molecule has 0 spiro atoms. The average Bonchev–Trinajstić information content (AvgIpc) is 2.32. The van der Waals surface area contributed by atoms with Gasteiger partial charge in [-0.05, 0) is 42.7 Å². The molecule has 0 saturated heterocycles. The van der Waals surface area contributed by atoms with Crippen LogP contribution in [-0.4, -0.2) is 11.8 Å². The van der Waals surface area contributed by atoms with Gasteiger partial charge in [-0.3, -0.25) is 0 Å². The summed E-state index contributed by atoms with van der Waals surface area (Å²) in [7, 11) is 0. The fourth-order valence-corrected chi connectivity index (χ4v) is 2.94. The van der Waals surface area contributed by atoms with Gasteiger partial charge in [-0.1, -0.05) is 37.9 Å². The maximum atomic E-state index is 6.27. The first-order valence-corrected chi connectivity index (χ1v) is 7.70. The van der Waals surface area contributed by atoms with Gasteiger partial charge in [0, 0.05) is 10.9 Å². The Morgan fingerprint density at radius 2 is 2.12 bits per heavy atom. The van der Waals surface area contributed by atoms with Crippen molar-refractivity contribution in [2.45, 2.75) is 50.5 Å². The summed E-state index contributed by atoms with van der Waals surface area (Å²) in [4.78, 5) is 1.19.